The van der Waals surface area contributed by atoms with Crippen LogP contribution in [0.5, 0.6) is 5.75 Å². The maximum atomic E-state index is 11.6. The van der Waals surface area contributed by atoms with Crippen LogP contribution in [-0.2, 0) is 22.9 Å². The smallest absolute Gasteiger partial charge is 0.175 e. The molecular weight excluding hydrogens is 298 g/mol. The summed E-state index contributed by atoms with van der Waals surface area (Å²) in [6.45, 7) is 3.18. The van der Waals surface area contributed by atoms with Crippen molar-refractivity contribution in [1.29, 1.82) is 0 Å². The van der Waals surface area contributed by atoms with Gasteiger partial charge in [-0.2, -0.15) is 0 Å². The second kappa shape index (κ2) is 6.94. The van der Waals surface area contributed by atoms with E-state index in [0.29, 0.717) is 18.0 Å². The number of hydrogen-bond donors (Lipinski definition) is 1. The zero-order chi connectivity index (χ0) is 16.2. The highest BCUT2D eigenvalue weighted by atomic mass is 32.2. The van der Waals surface area contributed by atoms with Crippen molar-refractivity contribution in [3.8, 4) is 5.75 Å². The third-order valence-corrected chi connectivity index (χ3v) is 4.73. The third kappa shape index (κ3) is 4.08. The Morgan fingerprint density at radius 1 is 1.09 bits per heavy atom. The quantitative estimate of drug-likeness (QED) is 0.889. The van der Waals surface area contributed by atoms with Gasteiger partial charge < -0.3 is 10.1 Å². The molecule has 0 aliphatic rings. The summed E-state index contributed by atoms with van der Waals surface area (Å²) >= 11 is 0. The Bertz CT molecular complexity index is 754. The van der Waals surface area contributed by atoms with E-state index in [0.717, 1.165) is 22.4 Å². The Morgan fingerprint density at radius 2 is 1.82 bits per heavy atom. The molecule has 1 N–H and O–H groups in total. The second-order valence-electron chi connectivity index (χ2n) is 5.29. The van der Waals surface area contributed by atoms with Gasteiger partial charge in [0.25, 0.3) is 0 Å². The van der Waals surface area contributed by atoms with Crippen LogP contribution in [0.15, 0.2) is 47.4 Å². The molecule has 0 radical (unpaired) electrons. The van der Waals surface area contributed by atoms with E-state index >= 15 is 0 Å². The fourth-order valence-corrected chi connectivity index (χ4v) is 3.39. The third-order valence-electron chi connectivity index (χ3n) is 3.48. The Kier molecular flexibility index (Phi) is 5.21. The maximum absolute atomic E-state index is 11.6. The van der Waals surface area contributed by atoms with Crippen molar-refractivity contribution in [3.63, 3.8) is 0 Å². The van der Waals surface area contributed by atoms with Crippen LogP contribution < -0.4 is 10.1 Å². The predicted octanol–water partition coefficient (Wildman–Crippen LogP) is 2.70. The number of methoxy groups -OCH3 is 1. The van der Waals surface area contributed by atoms with Crippen LogP contribution in [0.25, 0.3) is 0 Å². The summed E-state index contributed by atoms with van der Waals surface area (Å²) in [5.74, 6) is 0.860. The second-order valence-corrected chi connectivity index (χ2v) is 7.27. The Morgan fingerprint density at radius 3 is 2.45 bits per heavy atom. The number of para-hydroxylation sites is 1. The molecular formula is C17H21NO3S. The number of nitrogens with one attached hydrogen (secondary N) is 1. The van der Waals surface area contributed by atoms with Gasteiger partial charge in [-0.15, -0.1) is 0 Å². The van der Waals surface area contributed by atoms with Crippen LogP contribution in [0.4, 0.5) is 0 Å². The SMILES string of the molecule is COc1ccccc1CNCc1ccc(S(C)(=O)=O)c(C)c1. The molecule has 2 aromatic rings. The summed E-state index contributed by atoms with van der Waals surface area (Å²) in [5, 5.41) is 3.35. The van der Waals surface area contributed by atoms with Crippen molar-refractivity contribution in [2.24, 2.45) is 0 Å². The lowest BCUT2D eigenvalue weighted by molar-refractivity contribution is 0.407. The van der Waals surface area contributed by atoms with Gasteiger partial charge in [0, 0.05) is 24.9 Å². The summed E-state index contributed by atoms with van der Waals surface area (Å²) in [6.07, 6.45) is 1.23. The van der Waals surface area contributed by atoms with Gasteiger partial charge >= 0.3 is 0 Å². The first-order valence-electron chi connectivity index (χ1n) is 7.04. The lowest BCUT2D eigenvalue weighted by Crippen LogP contribution is -2.13. The van der Waals surface area contributed by atoms with Crippen molar-refractivity contribution in [2.75, 3.05) is 13.4 Å². The van der Waals surface area contributed by atoms with E-state index in [4.69, 9.17) is 4.74 Å². The lowest BCUT2D eigenvalue weighted by atomic mass is 10.1. The molecule has 0 fully saturated rings. The van der Waals surface area contributed by atoms with E-state index < -0.39 is 9.84 Å². The summed E-state index contributed by atoms with van der Waals surface area (Å²) < 4.78 is 28.5. The summed E-state index contributed by atoms with van der Waals surface area (Å²) in [4.78, 5) is 0.390. The fourth-order valence-electron chi connectivity index (χ4n) is 2.43. The molecule has 0 heterocycles. The average Bonchev–Trinajstić information content (AvgIpc) is 2.46. The molecule has 0 aliphatic heterocycles. The number of benzene rings is 2. The molecule has 4 nitrogen and oxygen atoms in total. The van der Waals surface area contributed by atoms with E-state index in [1.807, 2.05) is 43.3 Å². The predicted molar refractivity (Wildman–Crippen MR) is 87.8 cm³/mol. The van der Waals surface area contributed by atoms with Crippen LogP contribution in [0, 0.1) is 6.92 Å². The van der Waals surface area contributed by atoms with E-state index in [1.54, 1.807) is 13.2 Å². The minimum Gasteiger partial charge on any atom is -0.496 e. The first-order valence-corrected chi connectivity index (χ1v) is 8.93. The van der Waals surface area contributed by atoms with Gasteiger partial charge in [0.15, 0.2) is 9.84 Å². The molecule has 2 aromatic carbocycles. The van der Waals surface area contributed by atoms with Gasteiger partial charge in [0.2, 0.25) is 0 Å². The molecule has 0 saturated heterocycles. The molecule has 0 spiro atoms. The highest BCUT2D eigenvalue weighted by molar-refractivity contribution is 7.90. The van der Waals surface area contributed by atoms with Gasteiger partial charge in [-0.1, -0.05) is 30.3 Å². The molecule has 0 unspecified atom stereocenters. The highest BCUT2D eigenvalue weighted by Gasteiger charge is 2.10. The number of ether oxygens (including phenoxy) is 1. The fraction of sp³-hybridized carbons (Fsp3) is 0.294. The van der Waals surface area contributed by atoms with Crippen LogP contribution in [0.2, 0.25) is 0 Å². The van der Waals surface area contributed by atoms with Crippen LogP contribution in [-0.4, -0.2) is 21.8 Å². The molecule has 0 saturated carbocycles. The van der Waals surface area contributed by atoms with Gasteiger partial charge in [-0.3, -0.25) is 0 Å². The van der Waals surface area contributed by atoms with E-state index in [-0.39, 0.29) is 0 Å². The monoisotopic (exact) mass is 319 g/mol. The summed E-state index contributed by atoms with van der Waals surface area (Å²) in [6, 6.07) is 13.3. The molecule has 22 heavy (non-hydrogen) atoms. The topological polar surface area (TPSA) is 55.4 Å². The maximum Gasteiger partial charge on any atom is 0.175 e. The van der Waals surface area contributed by atoms with E-state index in [1.165, 1.54) is 6.26 Å². The zero-order valence-corrected chi connectivity index (χ0v) is 13.9. The van der Waals surface area contributed by atoms with Crippen molar-refractivity contribution < 1.29 is 13.2 Å². The van der Waals surface area contributed by atoms with Crippen molar-refractivity contribution in [3.05, 3.63) is 59.2 Å². The Hall–Kier alpha value is -1.85. The Labute approximate surface area is 132 Å². The number of hydrogen-bond acceptors (Lipinski definition) is 4. The summed E-state index contributed by atoms with van der Waals surface area (Å²) in [7, 11) is -1.50. The van der Waals surface area contributed by atoms with Gasteiger partial charge in [-0.05, 0) is 30.2 Å². The van der Waals surface area contributed by atoms with Gasteiger partial charge in [0.1, 0.15) is 5.75 Å². The molecule has 5 heteroatoms. The van der Waals surface area contributed by atoms with Gasteiger partial charge in [-0.25, -0.2) is 8.42 Å². The minimum atomic E-state index is -3.16. The summed E-state index contributed by atoms with van der Waals surface area (Å²) in [5.41, 5.74) is 2.92. The largest absolute Gasteiger partial charge is 0.496 e. The number of sulfone groups is 1. The molecule has 2 rings (SSSR count). The van der Waals surface area contributed by atoms with Crippen LogP contribution in [0.1, 0.15) is 16.7 Å². The standard InChI is InChI=1S/C17H21NO3S/c1-13-10-14(8-9-17(13)22(3,19)20)11-18-12-15-6-4-5-7-16(15)21-2/h4-10,18H,11-12H2,1-3H3. The van der Waals surface area contributed by atoms with Crippen LogP contribution >= 0.6 is 0 Å². The van der Waals surface area contributed by atoms with Crippen molar-refractivity contribution >= 4 is 9.84 Å². The highest BCUT2D eigenvalue weighted by Crippen LogP contribution is 2.18. The van der Waals surface area contributed by atoms with E-state index in [2.05, 4.69) is 5.32 Å². The normalized spacial score (nSPS) is 11.4. The number of aryl methyl sites for hydroxylation is 1. The molecule has 0 atom stereocenters. The molecule has 118 valence electrons. The van der Waals surface area contributed by atoms with Crippen molar-refractivity contribution in [1.82, 2.24) is 5.32 Å². The average molecular weight is 319 g/mol. The first kappa shape index (κ1) is 16.5. The zero-order valence-electron chi connectivity index (χ0n) is 13.1. The molecule has 0 bridgehead atoms. The lowest BCUT2D eigenvalue weighted by Gasteiger charge is -2.11. The first-order chi connectivity index (χ1) is 10.4. The molecule has 0 amide bonds. The van der Waals surface area contributed by atoms with Crippen LogP contribution in [0.3, 0.4) is 0 Å². The molecule has 0 aromatic heterocycles. The minimum absolute atomic E-state index is 0.390. The van der Waals surface area contributed by atoms with Gasteiger partial charge in [0.05, 0.1) is 12.0 Å². The number of rotatable bonds is 6. The van der Waals surface area contributed by atoms with E-state index in [9.17, 15) is 8.42 Å². The molecule has 0 aliphatic carbocycles. The Balaban J connectivity index is 2.02. The van der Waals surface area contributed by atoms with Crippen molar-refractivity contribution in [2.45, 2.75) is 24.9 Å².